The van der Waals surface area contributed by atoms with E-state index in [-0.39, 0.29) is 18.2 Å². The summed E-state index contributed by atoms with van der Waals surface area (Å²) in [5.41, 5.74) is 0.812. The lowest BCUT2D eigenvalue weighted by Gasteiger charge is -2.20. The van der Waals surface area contributed by atoms with Gasteiger partial charge in [-0.3, -0.25) is 4.79 Å². The predicted octanol–water partition coefficient (Wildman–Crippen LogP) is 3.54. The second-order valence-corrected chi connectivity index (χ2v) is 5.85. The Hall–Kier alpha value is -1.26. The maximum absolute atomic E-state index is 11.9. The molecule has 0 bridgehead atoms. The molecule has 4 nitrogen and oxygen atoms in total. The molecule has 2 N–H and O–H groups in total. The summed E-state index contributed by atoms with van der Waals surface area (Å²) < 4.78 is 0. The lowest BCUT2D eigenvalue weighted by atomic mass is 9.99. The fourth-order valence-corrected chi connectivity index (χ4v) is 2.40. The molecule has 6 heteroatoms. The van der Waals surface area contributed by atoms with Crippen molar-refractivity contribution in [3.05, 3.63) is 33.8 Å². The molecular weight excluding hydrogens is 313 g/mol. The van der Waals surface area contributed by atoms with Crippen molar-refractivity contribution in [2.24, 2.45) is 5.92 Å². The normalized spacial score (nSPS) is 13.5. The van der Waals surface area contributed by atoms with Crippen molar-refractivity contribution in [3.8, 4) is 0 Å². The minimum Gasteiger partial charge on any atom is -0.480 e. The second-order valence-electron chi connectivity index (χ2n) is 5.00. The number of amides is 1. The highest BCUT2D eigenvalue weighted by Crippen LogP contribution is 2.22. The van der Waals surface area contributed by atoms with Crippen LogP contribution in [-0.2, 0) is 16.0 Å². The van der Waals surface area contributed by atoms with Gasteiger partial charge in [-0.15, -0.1) is 0 Å². The van der Waals surface area contributed by atoms with Crippen LogP contribution in [0, 0.1) is 5.92 Å². The minimum atomic E-state index is -1.01. The summed E-state index contributed by atoms with van der Waals surface area (Å²) in [6.07, 6.45) is 1.30. The van der Waals surface area contributed by atoms with E-state index in [0.29, 0.717) is 22.9 Å². The van der Waals surface area contributed by atoms with Crippen LogP contribution < -0.4 is 5.32 Å². The largest absolute Gasteiger partial charge is 0.480 e. The van der Waals surface area contributed by atoms with Gasteiger partial charge >= 0.3 is 5.97 Å². The van der Waals surface area contributed by atoms with Crippen LogP contribution in [-0.4, -0.2) is 23.0 Å². The number of halogens is 2. The van der Waals surface area contributed by atoms with E-state index in [1.54, 1.807) is 25.1 Å². The number of carboxylic acids is 1. The average molecular weight is 332 g/mol. The van der Waals surface area contributed by atoms with Gasteiger partial charge in [0.15, 0.2) is 0 Å². The zero-order chi connectivity index (χ0) is 16.0. The quantitative estimate of drug-likeness (QED) is 0.802. The molecule has 21 heavy (non-hydrogen) atoms. The highest BCUT2D eigenvalue weighted by Gasteiger charge is 2.25. The third-order valence-corrected chi connectivity index (χ3v) is 4.02. The summed E-state index contributed by atoms with van der Waals surface area (Å²) in [5, 5.41) is 12.7. The van der Waals surface area contributed by atoms with Crippen LogP contribution in [0.2, 0.25) is 10.0 Å². The lowest BCUT2D eigenvalue weighted by Crippen LogP contribution is -2.45. The molecule has 1 aromatic rings. The molecule has 1 rings (SSSR count). The molecule has 116 valence electrons. The highest BCUT2D eigenvalue weighted by atomic mass is 35.5. The van der Waals surface area contributed by atoms with Crippen molar-refractivity contribution < 1.29 is 14.7 Å². The van der Waals surface area contributed by atoms with Crippen LogP contribution in [0.25, 0.3) is 0 Å². The number of nitrogens with one attached hydrogen (secondary N) is 1. The number of carbonyl (C=O) groups excluding carboxylic acids is 1. The van der Waals surface area contributed by atoms with Crippen LogP contribution in [0.1, 0.15) is 32.3 Å². The Labute approximate surface area is 134 Å². The average Bonchev–Trinajstić information content (AvgIpc) is 2.42. The molecule has 2 atom stereocenters. The smallest absolute Gasteiger partial charge is 0.326 e. The molecule has 1 amide bonds. The fraction of sp³-hybridized carbons (Fsp3) is 0.467. The number of hydrogen-bond donors (Lipinski definition) is 2. The van der Waals surface area contributed by atoms with Crippen LogP contribution in [0.3, 0.4) is 0 Å². The second kappa shape index (κ2) is 8.25. The van der Waals surface area contributed by atoms with Crippen molar-refractivity contribution in [1.29, 1.82) is 0 Å². The topological polar surface area (TPSA) is 66.4 Å². The molecule has 0 aliphatic rings. The lowest BCUT2D eigenvalue weighted by molar-refractivity contribution is -0.143. The molecule has 0 heterocycles. The minimum absolute atomic E-state index is 0.120. The molecule has 0 spiro atoms. The van der Waals surface area contributed by atoms with Gasteiger partial charge in [-0.25, -0.2) is 4.79 Å². The van der Waals surface area contributed by atoms with Crippen molar-refractivity contribution >= 4 is 35.1 Å². The molecule has 1 aromatic carbocycles. The van der Waals surface area contributed by atoms with Crippen molar-refractivity contribution in [2.45, 2.75) is 39.2 Å². The van der Waals surface area contributed by atoms with Crippen LogP contribution in [0.4, 0.5) is 0 Å². The van der Waals surface area contributed by atoms with Crippen molar-refractivity contribution in [1.82, 2.24) is 5.32 Å². The summed E-state index contributed by atoms with van der Waals surface area (Å²) >= 11 is 11.8. The van der Waals surface area contributed by atoms with Crippen LogP contribution in [0.5, 0.6) is 0 Å². The van der Waals surface area contributed by atoms with Crippen molar-refractivity contribution in [2.75, 3.05) is 0 Å². The third-order valence-electron chi connectivity index (χ3n) is 3.43. The van der Waals surface area contributed by atoms with Crippen LogP contribution in [0.15, 0.2) is 18.2 Å². The van der Waals surface area contributed by atoms with Crippen LogP contribution >= 0.6 is 23.2 Å². The zero-order valence-electron chi connectivity index (χ0n) is 12.0. The van der Waals surface area contributed by atoms with E-state index in [1.165, 1.54) is 0 Å². The fourth-order valence-electron chi connectivity index (χ4n) is 1.90. The SMILES string of the molecule is CCC(C)[C@H](NC(=O)CCc1ccc(Cl)cc1Cl)C(=O)O. The first-order valence-corrected chi connectivity index (χ1v) is 7.56. The number of carbonyl (C=O) groups is 2. The van der Waals surface area contributed by atoms with E-state index < -0.39 is 12.0 Å². The molecule has 0 saturated heterocycles. The van der Waals surface area contributed by atoms with E-state index in [0.717, 1.165) is 5.56 Å². The van der Waals surface area contributed by atoms with Gasteiger partial charge in [0, 0.05) is 16.5 Å². The molecule has 0 aromatic heterocycles. The first-order valence-electron chi connectivity index (χ1n) is 6.81. The summed E-state index contributed by atoms with van der Waals surface area (Å²) in [4.78, 5) is 23.0. The summed E-state index contributed by atoms with van der Waals surface area (Å²) in [5.74, 6) is -1.43. The molecule has 1 unspecified atom stereocenters. The Balaban J connectivity index is 2.58. The van der Waals surface area contributed by atoms with Gasteiger partial charge in [0.05, 0.1) is 0 Å². The maximum Gasteiger partial charge on any atom is 0.326 e. The molecule has 0 fully saturated rings. The van der Waals surface area contributed by atoms with E-state index in [1.807, 2.05) is 6.92 Å². The van der Waals surface area contributed by atoms with E-state index in [4.69, 9.17) is 28.3 Å². The molecule has 0 radical (unpaired) electrons. The van der Waals surface area contributed by atoms with Gasteiger partial charge in [0.2, 0.25) is 5.91 Å². The summed E-state index contributed by atoms with van der Waals surface area (Å²) in [7, 11) is 0. The highest BCUT2D eigenvalue weighted by molar-refractivity contribution is 6.35. The van der Waals surface area contributed by atoms with Gasteiger partial charge in [0.25, 0.3) is 0 Å². The third kappa shape index (κ3) is 5.56. The summed E-state index contributed by atoms with van der Waals surface area (Å²) in [6, 6.07) is 4.24. The molecule has 0 saturated carbocycles. The summed E-state index contributed by atoms with van der Waals surface area (Å²) in [6.45, 7) is 3.69. The number of rotatable bonds is 7. The first-order chi connectivity index (χ1) is 9.85. The van der Waals surface area contributed by atoms with Gasteiger partial charge in [0.1, 0.15) is 6.04 Å². The monoisotopic (exact) mass is 331 g/mol. The number of aryl methyl sites for hydroxylation is 1. The van der Waals surface area contributed by atoms with E-state index in [9.17, 15) is 9.59 Å². The zero-order valence-corrected chi connectivity index (χ0v) is 13.5. The number of hydrogen-bond acceptors (Lipinski definition) is 2. The van der Waals surface area contributed by atoms with Gasteiger partial charge in [-0.2, -0.15) is 0 Å². The van der Waals surface area contributed by atoms with E-state index in [2.05, 4.69) is 5.32 Å². The molecule has 0 aliphatic carbocycles. The van der Waals surface area contributed by atoms with Gasteiger partial charge in [-0.1, -0.05) is 49.5 Å². The van der Waals surface area contributed by atoms with Gasteiger partial charge < -0.3 is 10.4 Å². The Morgan fingerprint density at radius 1 is 1.33 bits per heavy atom. The van der Waals surface area contributed by atoms with Gasteiger partial charge in [-0.05, 0) is 30.0 Å². The first kappa shape index (κ1) is 17.8. The number of benzene rings is 1. The Kier molecular flexibility index (Phi) is 6.99. The molecule has 0 aliphatic heterocycles. The standard InChI is InChI=1S/C15H19Cl2NO3/c1-3-9(2)14(15(20)21)18-13(19)7-5-10-4-6-11(16)8-12(10)17/h4,6,8-9,14H,3,5,7H2,1-2H3,(H,18,19)(H,20,21)/t9?,14-/m0/s1. The Bertz CT molecular complexity index is 520. The maximum atomic E-state index is 11.9. The number of aliphatic carboxylic acids is 1. The predicted molar refractivity (Wildman–Crippen MR) is 83.8 cm³/mol. The number of carboxylic acid groups (broad SMARTS) is 1. The molecular formula is C15H19Cl2NO3. The Morgan fingerprint density at radius 2 is 2.00 bits per heavy atom. The van der Waals surface area contributed by atoms with Crippen molar-refractivity contribution in [3.63, 3.8) is 0 Å². The van der Waals surface area contributed by atoms with E-state index >= 15 is 0 Å². The Morgan fingerprint density at radius 3 is 2.52 bits per heavy atom.